The minimum absolute atomic E-state index is 0.0529. The largest absolute Gasteiger partial charge is 0.480 e. The van der Waals surface area contributed by atoms with Crippen LogP contribution in [0.1, 0.15) is 52.4 Å². The fraction of sp³-hybridized carbons (Fsp3) is 0.667. The van der Waals surface area contributed by atoms with Gasteiger partial charge in [-0.15, -0.1) is 0 Å². The number of rotatable bonds is 24. The highest BCUT2D eigenvalue weighted by molar-refractivity contribution is 7.80. The fourth-order valence-electron chi connectivity index (χ4n) is 4.09. The maximum atomic E-state index is 13.3. The summed E-state index contributed by atoms with van der Waals surface area (Å²) in [7, 11) is 0. The number of carboxylic acid groups (broad SMARTS) is 1. The lowest BCUT2D eigenvalue weighted by Gasteiger charge is -2.27. The molecule has 0 heterocycles. The Hall–Kier alpha value is -4.70. The smallest absolute Gasteiger partial charge is 0.327 e. The highest BCUT2D eigenvalue weighted by Gasteiger charge is 2.33. The summed E-state index contributed by atoms with van der Waals surface area (Å²) in [4.78, 5) is 103. The Bertz CT molecular complexity index is 1220. The highest BCUT2D eigenvalue weighted by Crippen LogP contribution is 2.08. The monoisotopic (exact) mass is 719 g/mol. The van der Waals surface area contributed by atoms with Gasteiger partial charge in [-0.2, -0.15) is 12.6 Å². The molecule has 7 amide bonds. The van der Waals surface area contributed by atoms with E-state index in [2.05, 4.69) is 44.2 Å². The van der Waals surface area contributed by atoms with E-state index >= 15 is 0 Å². The Kier molecular flexibility index (Phi) is 20.6. The number of amides is 7. The van der Waals surface area contributed by atoms with Gasteiger partial charge in [-0.3, -0.25) is 38.6 Å². The molecule has 0 spiro atoms. The molecule has 49 heavy (non-hydrogen) atoms. The first-order chi connectivity index (χ1) is 22.8. The van der Waals surface area contributed by atoms with Gasteiger partial charge in [0.05, 0.1) is 19.1 Å². The van der Waals surface area contributed by atoms with Crippen molar-refractivity contribution in [2.24, 2.45) is 39.6 Å². The molecule has 0 aromatic heterocycles. The number of carbonyl (C=O) groups is 8. The van der Waals surface area contributed by atoms with E-state index in [4.69, 9.17) is 28.7 Å². The predicted molar refractivity (Wildman–Crippen MR) is 178 cm³/mol. The van der Waals surface area contributed by atoms with Crippen molar-refractivity contribution >= 4 is 65.9 Å². The third kappa shape index (κ3) is 18.4. The zero-order valence-electron chi connectivity index (χ0n) is 27.3. The molecule has 0 fully saturated rings. The highest BCUT2D eigenvalue weighted by atomic mass is 32.1. The zero-order chi connectivity index (χ0) is 37.8. The number of hydrogen-bond donors (Lipinski definition) is 13. The molecule has 0 saturated carbocycles. The summed E-state index contributed by atoms with van der Waals surface area (Å²) >= 11 is 3.90. The number of aliphatic hydroxyl groups excluding tert-OH is 1. The SMILES string of the molecule is CC(C)C[C@H](NC(=O)[C@H](CCC(N)=O)NC(=O)[C@H](CO)NC(=O)[C@H](CCCN=C(N)N)NC(=O)[C@@H](N)CC(N)=O)C(=O)N[C@@H](CS)C(=O)O. The number of thiol groups is 1. The number of primary amides is 2. The fourth-order valence-corrected chi connectivity index (χ4v) is 4.34. The van der Waals surface area contributed by atoms with Gasteiger partial charge in [-0.1, -0.05) is 13.8 Å². The normalized spacial score (nSPS) is 14.5. The van der Waals surface area contributed by atoms with E-state index in [1.54, 1.807) is 13.8 Å². The van der Waals surface area contributed by atoms with Crippen molar-refractivity contribution in [1.82, 2.24) is 26.6 Å². The molecule has 22 heteroatoms. The van der Waals surface area contributed by atoms with Gasteiger partial charge in [0.1, 0.15) is 30.2 Å². The molecule has 0 saturated heterocycles. The molecule has 21 nitrogen and oxygen atoms in total. The van der Waals surface area contributed by atoms with Gasteiger partial charge in [0, 0.05) is 18.7 Å². The van der Waals surface area contributed by atoms with E-state index < -0.39 is 103 Å². The Balaban J connectivity index is 6.02. The molecule has 0 unspecified atom stereocenters. The molecule has 0 aliphatic rings. The van der Waals surface area contributed by atoms with Gasteiger partial charge in [-0.25, -0.2) is 4.79 Å². The molecule has 0 rings (SSSR count). The molecule has 0 bridgehead atoms. The number of carbonyl (C=O) groups excluding carboxylic acids is 7. The van der Waals surface area contributed by atoms with E-state index in [-0.39, 0.29) is 49.9 Å². The van der Waals surface area contributed by atoms with E-state index in [0.717, 1.165) is 0 Å². The third-order valence-electron chi connectivity index (χ3n) is 6.60. The number of nitrogens with one attached hydrogen (secondary N) is 5. The first-order valence-corrected chi connectivity index (χ1v) is 15.8. The Morgan fingerprint density at radius 1 is 0.694 bits per heavy atom. The minimum atomic E-state index is -1.70. The van der Waals surface area contributed by atoms with Crippen LogP contribution in [-0.4, -0.2) is 119 Å². The number of guanidine groups is 1. The topological polar surface area (TPSA) is 380 Å². The molecule has 0 aliphatic carbocycles. The maximum absolute atomic E-state index is 13.3. The van der Waals surface area contributed by atoms with Gasteiger partial charge in [-0.05, 0) is 31.6 Å². The van der Waals surface area contributed by atoms with Crippen LogP contribution >= 0.6 is 12.6 Å². The van der Waals surface area contributed by atoms with Crippen LogP contribution in [0, 0.1) is 5.92 Å². The number of carboxylic acids is 1. The first-order valence-electron chi connectivity index (χ1n) is 15.2. The lowest BCUT2D eigenvalue weighted by molar-refractivity contribution is -0.141. The zero-order valence-corrected chi connectivity index (χ0v) is 28.2. The molecule has 17 N–H and O–H groups in total. The predicted octanol–water partition coefficient (Wildman–Crippen LogP) is -6.02. The Labute approximate surface area is 288 Å². The van der Waals surface area contributed by atoms with Crippen LogP contribution < -0.4 is 55.3 Å². The van der Waals surface area contributed by atoms with Crippen molar-refractivity contribution in [2.45, 2.75) is 88.6 Å². The molecular formula is C27H49N11O10S. The summed E-state index contributed by atoms with van der Waals surface area (Å²) in [6.07, 6.45) is -1.16. The van der Waals surface area contributed by atoms with Crippen LogP contribution in [0.4, 0.5) is 0 Å². The molecule has 0 aliphatic heterocycles. The van der Waals surface area contributed by atoms with E-state index in [1.165, 1.54) is 0 Å². The number of aliphatic imine (C=N–C) groups is 1. The van der Waals surface area contributed by atoms with E-state index in [0.29, 0.717) is 0 Å². The summed E-state index contributed by atoms with van der Waals surface area (Å²) < 4.78 is 0. The molecular weight excluding hydrogens is 670 g/mol. The second kappa shape index (κ2) is 22.8. The summed E-state index contributed by atoms with van der Waals surface area (Å²) in [5, 5.41) is 30.8. The standard InChI is InChI=1S/C27H49N11O10S/c1-12(2)8-16(24(45)38-18(11-49)26(47)48)36-23(44)15(5-6-19(29)40)35-25(46)17(10-39)37-22(43)14(4-3-7-33-27(31)32)34-21(42)13(28)9-20(30)41/h12-18,39,49H,3-11,28H2,1-2H3,(H2,29,40)(H2,30,41)(H,34,42)(H,35,46)(H,36,44)(H,37,43)(H,38,45)(H,47,48)(H4,31,32,33)/t13-,14-,15-,16-,17-,18-/m0/s1. The van der Waals surface area contributed by atoms with Crippen LogP contribution in [-0.2, 0) is 38.4 Å². The first kappa shape index (κ1) is 44.3. The van der Waals surface area contributed by atoms with Gasteiger partial charge < -0.3 is 65.5 Å². The lowest BCUT2D eigenvalue weighted by atomic mass is 10.0. The number of aliphatic carboxylic acids is 1. The second-order valence-electron chi connectivity index (χ2n) is 11.4. The number of aliphatic hydroxyl groups is 1. The molecule has 0 aromatic rings. The van der Waals surface area contributed by atoms with Gasteiger partial charge in [0.15, 0.2) is 5.96 Å². The van der Waals surface area contributed by atoms with Crippen LogP contribution in [0.2, 0.25) is 0 Å². The van der Waals surface area contributed by atoms with Crippen molar-refractivity contribution in [3.8, 4) is 0 Å². The van der Waals surface area contributed by atoms with E-state index in [9.17, 15) is 48.6 Å². The van der Waals surface area contributed by atoms with Crippen LogP contribution in [0.25, 0.3) is 0 Å². The Morgan fingerprint density at radius 2 is 1.16 bits per heavy atom. The number of nitrogens with zero attached hydrogens (tertiary/aromatic N) is 1. The van der Waals surface area contributed by atoms with Crippen molar-refractivity contribution in [1.29, 1.82) is 0 Å². The number of hydrogen-bond acceptors (Lipinski definition) is 12. The van der Waals surface area contributed by atoms with Crippen LogP contribution in [0.5, 0.6) is 0 Å². The summed E-state index contributed by atoms with van der Waals surface area (Å²) in [6.45, 7) is 2.54. The van der Waals surface area contributed by atoms with Crippen molar-refractivity contribution < 1.29 is 48.6 Å². The van der Waals surface area contributed by atoms with E-state index in [1.807, 2.05) is 0 Å². The second-order valence-corrected chi connectivity index (χ2v) is 11.7. The van der Waals surface area contributed by atoms with Crippen LogP contribution in [0.3, 0.4) is 0 Å². The average molecular weight is 720 g/mol. The summed E-state index contributed by atoms with van der Waals surface area (Å²) in [5.41, 5.74) is 26.6. The van der Waals surface area contributed by atoms with Crippen LogP contribution in [0.15, 0.2) is 4.99 Å². The van der Waals surface area contributed by atoms with Crippen molar-refractivity contribution in [3.63, 3.8) is 0 Å². The molecule has 6 atom stereocenters. The maximum Gasteiger partial charge on any atom is 0.327 e. The van der Waals surface area contributed by atoms with Crippen molar-refractivity contribution in [2.75, 3.05) is 18.9 Å². The summed E-state index contributed by atoms with van der Waals surface area (Å²) in [5.74, 6) is -8.47. The van der Waals surface area contributed by atoms with Gasteiger partial charge >= 0.3 is 5.97 Å². The van der Waals surface area contributed by atoms with Crippen molar-refractivity contribution in [3.05, 3.63) is 0 Å². The molecule has 278 valence electrons. The minimum Gasteiger partial charge on any atom is -0.480 e. The lowest BCUT2D eigenvalue weighted by Crippen LogP contribution is -2.60. The van der Waals surface area contributed by atoms with Gasteiger partial charge in [0.2, 0.25) is 41.4 Å². The van der Waals surface area contributed by atoms with Gasteiger partial charge in [0.25, 0.3) is 0 Å². The molecule has 0 aromatic carbocycles. The quantitative estimate of drug-likeness (QED) is 0.0191. The third-order valence-corrected chi connectivity index (χ3v) is 6.97. The Morgan fingerprint density at radius 3 is 1.63 bits per heavy atom. The molecule has 0 radical (unpaired) electrons. The average Bonchev–Trinajstić information content (AvgIpc) is 3.00. The summed E-state index contributed by atoms with van der Waals surface area (Å²) in [6, 6.07) is -8.61. The number of nitrogens with two attached hydrogens (primary N) is 5.